The molecule has 0 saturated heterocycles. The van der Waals surface area contributed by atoms with Crippen LogP contribution < -0.4 is 14.8 Å². The van der Waals surface area contributed by atoms with Gasteiger partial charge >= 0.3 is 12.6 Å². The summed E-state index contributed by atoms with van der Waals surface area (Å²) < 4.78 is 60.7. The van der Waals surface area contributed by atoms with Gasteiger partial charge in [0, 0.05) is 5.69 Å². The monoisotopic (exact) mass is 490 g/mol. The molecule has 0 bridgehead atoms. The molecule has 0 aliphatic rings. The Hall–Kier alpha value is -2.76. The molecule has 1 amide bonds. The third kappa shape index (κ3) is 7.14. The van der Waals surface area contributed by atoms with Crippen LogP contribution in [0.1, 0.15) is 19.4 Å². The quantitative estimate of drug-likeness (QED) is 0.521. The minimum atomic E-state index is -3.97. The molecule has 0 spiro atoms. The molecule has 0 aromatic heterocycles. The Labute approximate surface area is 188 Å². The van der Waals surface area contributed by atoms with Gasteiger partial charge in [-0.05, 0) is 51.1 Å². The second-order valence-electron chi connectivity index (χ2n) is 6.75. The van der Waals surface area contributed by atoms with Crippen molar-refractivity contribution in [3.05, 3.63) is 53.1 Å². The lowest BCUT2D eigenvalue weighted by Gasteiger charge is -2.18. The van der Waals surface area contributed by atoms with Gasteiger partial charge in [-0.25, -0.2) is 8.42 Å². The fourth-order valence-corrected chi connectivity index (χ4v) is 3.83. The van der Waals surface area contributed by atoms with Gasteiger partial charge in [0.2, 0.25) is 10.0 Å². The number of amides is 1. The molecular weight excluding hydrogens is 470 g/mol. The van der Waals surface area contributed by atoms with Gasteiger partial charge in [-0.1, -0.05) is 29.3 Å². The zero-order chi connectivity index (χ0) is 24.1. The van der Waals surface area contributed by atoms with Crippen molar-refractivity contribution >= 4 is 39.2 Å². The zero-order valence-electron chi connectivity index (χ0n) is 17.3. The first-order chi connectivity index (χ1) is 14.9. The van der Waals surface area contributed by atoms with Gasteiger partial charge in [-0.3, -0.25) is 9.59 Å². The van der Waals surface area contributed by atoms with Gasteiger partial charge in [0.25, 0.3) is 5.91 Å². The highest BCUT2D eigenvalue weighted by Gasteiger charge is 2.26. The summed E-state index contributed by atoms with van der Waals surface area (Å²) in [6.45, 7) is 1.30. The van der Waals surface area contributed by atoms with Crippen molar-refractivity contribution in [2.45, 2.75) is 44.4 Å². The Kier molecular flexibility index (Phi) is 8.53. The number of esters is 1. The number of benzene rings is 2. The summed E-state index contributed by atoms with van der Waals surface area (Å²) in [6.07, 6.45) is -1.29. The topological polar surface area (TPSA) is 111 Å². The van der Waals surface area contributed by atoms with E-state index in [0.29, 0.717) is 0 Å². The van der Waals surface area contributed by atoms with Crippen LogP contribution in [0, 0.1) is 6.92 Å². The molecule has 2 aromatic rings. The number of ether oxygens (including phenoxy) is 2. The van der Waals surface area contributed by atoms with Crippen molar-refractivity contribution in [2.75, 3.05) is 5.32 Å². The minimum Gasteiger partial charge on any atom is -0.451 e. The molecule has 174 valence electrons. The van der Waals surface area contributed by atoms with Crippen LogP contribution in [-0.4, -0.2) is 39.1 Å². The zero-order valence-corrected chi connectivity index (χ0v) is 18.8. The highest BCUT2D eigenvalue weighted by molar-refractivity contribution is 7.89. The van der Waals surface area contributed by atoms with Crippen molar-refractivity contribution < 1.29 is 36.3 Å². The van der Waals surface area contributed by atoms with Crippen molar-refractivity contribution in [3.8, 4) is 5.75 Å². The van der Waals surface area contributed by atoms with Crippen molar-refractivity contribution in [1.29, 1.82) is 0 Å². The van der Waals surface area contributed by atoms with Crippen LogP contribution in [-0.2, 0) is 24.3 Å². The van der Waals surface area contributed by atoms with E-state index in [4.69, 9.17) is 16.3 Å². The summed E-state index contributed by atoms with van der Waals surface area (Å²) in [6, 6.07) is 8.35. The lowest BCUT2D eigenvalue weighted by Crippen LogP contribution is -2.42. The summed E-state index contributed by atoms with van der Waals surface area (Å²) in [4.78, 5) is 24.5. The average molecular weight is 491 g/mol. The van der Waals surface area contributed by atoms with Crippen LogP contribution in [0.15, 0.2) is 47.4 Å². The molecule has 0 heterocycles. The van der Waals surface area contributed by atoms with Gasteiger partial charge in [0.05, 0.1) is 9.92 Å². The number of rotatable bonds is 9. The number of hydrogen-bond acceptors (Lipinski definition) is 6. The van der Waals surface area contributed by atoms with Crippen LogP contribution >= 0.6 is 11.6 Å². The fraction of sp³-hybridized carbons (Fsp3) is 0.300. The molecule has 2 N–H and O–H groups in total. The van der Waals surface area contributed by atoms with Gasteiger partial charge in [-0.2, -0.15) is 13.5 Å². The second-order valence-corrected chi connectivity index (χ2v) is 8.87. The lowest BCUT2D eigenvalue weighted by molar-refractivity contribution is -0.154. The van der Waals surface area contributed by atoms with E-state index < -0.39 is 40.7 Å². The molecule has 0 radical (unpaired) electrons. The Morgan fingerprint density at radius 2 is 1.69 bits per heavy atom. The van der Waals surface area contributed by atoms with Crippen LogP contribution in [0.25, 0.3) is 0 Å². The van der Waals surface area contributed by atoms with E-state index in [-0.39, 0.29) is 21.4 Å². The van der Waals surface area contributed by atoms with Gasteiger partial charge in [-0.15, -0.1) is 0 Å². The molecular formula is C20H21ClF2N2O6S. The van der Waals surface area contributed by atoms with Crippen molar-refractivity contribution in [2.24, 2.45) is 0 Å². The summed E-state index contributed by atoms with van der Waals surface area (Å²) in [5, 5.41) is 2.24. The predicted molar refractivity (Wildman–Crippen MR) is 113 cm³/mol. The standard InChI is InChI=1S/C20H21ClF2N2O6S/c1-11-4-7-15(8-5-11)32(28,29)25-12(2)19(27)30-13(3)18(26)24-14-6-9-17(16(21)10-14)31-20(22)23/h4-10,12-13,20,25H,1-3H3,(H,24,26)/t12-,13?/m0/s1. The van der Waals surface area contributed by atoms with Gasteiger partial charge < -0.3 is 14.8 Å². The van der Waals surface area contributed by atoms with Crippen LogP contribution in [0.3, 0.4) is 0 Å². The van der Waals surface area contributed by atoms with Crippen molar-refractivity contribution in [1.82, 2.24) is 4.72 Å². The molecule has 2 aromatic carbocycles. The molecule has 0 fully saturated rings. The number of nitrogens with one attached hydrogen (secondary N) is 2. The largest absolute Gasteiger partial charge is 0.451 e. The summed E-state index contributed by atoms with van der Waals surface area (Å²) in [5.74, 6) is -1.98. The van der Waals surface area contributed by atoms with E-state index in [1.807, 2.05) is 0 Å². The second kappa shape index (κ2) is 10.7. The fourth-order valence-electron chi connectivity index (χ4n) is 2.41. The number of anilines is 1. The molecule has 8 nitrogen and oxygen atoms in total. The first kappa shape index (κ1) is 25.5. The number of sulfonamides is 1. The number of alkyl halides is 2. The average Bonchev–Trinajstić information content (AvgIpc) is 2.69. The number of hydrogen-bond donors (Lipinski definition) is 2. The number of carbonyl (C=O) groups excluding carboxylic acids is 2. The van der Waals surface area contributed by atoms with E-state index in [0.717, 1.165) is 11.6 Å². The first-order valence-electron chi connectivity index (χ1n) is 9.24. The summed E-state index contributed by atoms with van der Waals surface area (Å²) in [7, 11) is -3.97. The van der Waals surface area contributed by atoms with E-state index >= 15 is 0 Å². The number of halogens is 3. The highest BCUT2D eigenvalue weighted by atomic mass is 35.5. The van der Waals surface area contributed by atoms with Crippen LogP contribution in [0.2, 0.25) is 5.02 Å². The number of aryl methyl sites for hydroxylation is 1. The predicted octanol–water partition coefficient (Wildman–Crippen LogP) is 3.49. The minimum absolute atomic E-state index is 0.0234. The van der Waals surface area contributed by atoms with Gasteiger partial charge in [0.1, 0.15) is 11.8 Å². The maximum Gasteiger partial charge on any atom is 0.387 e. The Bertz CT molecular complexity index is 1080. The SMILES string of the molecule is Cc1ccc(S(=O)(=O)N[C@@H](C)C(=O)OC(C)C(=O)Nc2ccc(OC(F)F)c(Cl)c2)cc1. The Morgan fingerprint density at radius 1 is 1.06 bits per heavy atom. The maximum atomic E-state index is 12.4. The maximum absolute atomic E-state index is 12.4. The Morgan fingerprint density at radius 3 is 2.25 bits per heavy atom. The molecule has 0 aliphatic heterocycles. The third-order valence-corrected chi connectivity index (χ3v) is 5.95. The van der Waals surface area contributed by atoms with Gasteiger partial charge in [0.15, 0.2) is 6.10 Å². The number of carbonyl (C=O) groups is 2. The molecule has 32 heavy (non-hydrogen) atoms. The first-order valence-corrected chi connectivity index (χ1v) is 11.1. The molecule has 0 aliphatic carbocycles. The van der Waals surface area contributed by atoms with Crippen molar-refractivity contribution in [3.63, 3.8) is 0 Å². The summed E-state index contributed by atoms with van der Waals surface area (Å²) in [5.41, 5.74) is 1.02. The molecule has 0 saturated carbocycles. The highest BCUT2D eigenvalue weighted by Crippen LogP contribution is 2.29. The van der Waals surface area contributed by atoms with Crippen LogP contribution in [0.5, 0.6) is 5.75 Å². The molecule has 2 atom stereocenters. The van der Waals surface area contributed by atoms with E-state index in [2.05, 4.69) is 14.8 Å². The molecule has 2 rings (SSSR count). The van der Waals surface area contributed by atoms with E-state index in [1.54, 1.807) is 19.1 Å². The van der Waals surface area contributed by atoms with E-state index in [9.17, 15) is 26.8 Å². The smallest absolute Gasteiger partial charge is 0.387 e. The lowest BCUT2D eigenvalue weighted by atomic mass is 10.2. The molecule has 1 unspecified atom stereocenters. The normalized spacial score (nSPS) is 13.3. The molecule has 12 heteroatoms. The third-order valence-electron chi connectivity index (χ3n) is 4.09. The van der Waals surface area contributed by atoms with Crippen LogP contribution in [0.4, 0.5) is 14.5 Å². The van der Waals surface area contributed by atoms with E-state index in [1.165, 1.54) is 38.1 Å². The Balaban J connectivity index is 1.95. The summed E-state index contributed by atoms with van der Waals surface area (Å²) >= 11 is 5.82.